The van der Waals surface area contributed by atoms with Gasteiger partial charge in [0.15, 0.2) is 17.2 Å². The van der Waals surface area contributed by atoms with E-state index < -0.39 is 23.3 Å². The van der Waals surface area contributed by atoms with Crippen LogP contribution in [0.2, 0.25) is 0 Å². The Labute approximate surface area is 86.8 Å². The van der Waals surface area contributed by atoms with Crippen LogP contribution < -0.4 is 5.73 Å². The molecular weight excluding hydrogens is 198 g/mol. The van der Waals surface area contributed by atoms with Gasteiger partial charge in [-0.3, -0.25) is 4.79 Å². The van der Waals surface area contributed by atoms with Crippen molar-refractivity contribution in [2.75, 3.05) is 0 Å². The third kappa shape index (κ3) is 2.60. The van der Waals surface area contributed by atoms with Gasteiger partial charge in [-0.15, -0.1) is 0 Å². The largest absolute Gasteiger partial charge is 0.504 e. The van der Waals surface area contributed by atoms with Gasteiger partial charge in [0, 0.05) is 0 Å². The van der Waals surface area contributed by atoms with Crippen LogP contribution in [0.5, 0.6) is 17.2 Å². The molecule has 1 rings (SSSR count). The van der Waals surface area contributed by atoms with Crippen LogP contribution in [0.4, 0.5) is 0 Å². The Balaban J connectivity index is 2.92. The number of hydrogen-bond donors (Lipinski definition) is 4. The lowest BCUT2D eigenvalue weighted by Gasteiger charge is -2.09. The van der Waals surface area contributed by atoms with Crippen molar-refractivity contribution in [2.24, 2.45) is 5.73 Å². The summed E-state index contributed by atoms with van der Waals surface area (Å²) >= 11 is 0. The predicted molar refractivity (Wildman–Crippen MR) is 53.8 cm³/mol. The molecule has 0 aliphatic rings. The molecule has 15 heavy (non-hydrogen) atoms. The first-order valence-electron chi connectivity index (χ1n) is 4.41. The molecule has 0 saturated carbocycles. The molecule has 1 aromatic rings. The first kappa shape index (κ1) is 11.3. The van der Waals surface area contributed by atoms with E-state index in [2.05, 4.69) is 0 Å². The molecule has 5 nitrogen and oxygen atoms in total. The van der Waals surface area contributed by atoms with Crippen LogP contribution in [0, 0.1) is 0 Å². The topological polar surface area (TPSA) is 104 Å². The molecule has 0 bridgehead atoms. The van der Waals surface area contributed by atoms with Crippen molar-refractivity contribution in [3.63, 3.8) is 0 Å². The minimum atomic E-state index is -0.673. The van der Waals surface area contributed by atoms with Gasteiger partial charge >= 0.3 is 0 Å². The fraction of sp³-hybridized carbons (Fsp3) is 0.300. The summed E-state index contributed by atoms with van der Waals surface area (Å²) in [7, 11) is 0. The summed E-state index contributed by atoms with van der Waals surface area (Å²) in [4.78, 5) is 10.9. The molecule has 0 heterocycles. The Morgan fingerprint density at radius 2 is 1.80 bits per heavy atom. The molecule has 0 radical (unpaired) electrons. The van der Waals surface area contributed by atoms with Gasteiger partial charge in [-0.1, -0.05) is 0 Å². The van der Waals surface area contributed by atoms with Crippen LogP contribution in [-0.2, 0) is 11.2 Å². The van der Waals surface area contributed by atoms with Gasteiger partial charge in [-0.25, -0.2) is 0 Å². The fourth-order valence-electron chi connectivity index (χ4n) is 1.18. The van der Waals surface area contributed by atoms with Crippen molar-refractivity contribution in [1.29, 1.82) is 0 Å². The Bertz CT molecular complexity index is 366. The second-order valence-electron chi connectivity index (χ2n) is 3.40. The average Bonchev–Trinajstić information content (AvgIpc) is 2.13. The zero-order chi connectivity index (χ0) is 11.6. The van der Waals surface area contributed by atoms with E-state index in [9.17, 15) is 15.0 Å². The minimum Gasteiger partial charge on any atom is -0.504 e. The predicted octanol–water partition coefficient (Wildman–Crippen LogP) is 0.262. The number of phenolic OH excluding ortho intramolecular Hbond substituents is 3. The Hall–Kier alpha value is -1.75. The van der Waals surface area contributed by atoms with Crippen LogP contribution in [0.25, 0.3) is 0 Å². The van der Waals surface area contributed by atoms with Gasteiger partial charge in [-0.2, -0.15) is 0 Å². The molecule has 0 saturated heterocycles. The van der Waals surface area contributed by atoms with Gasteiger partial charge in [0.1, 0.15) is 5.78 Å². The molecule has 1 aromatic carbocycles. The zero-order valence-corrected chi connectivity index (χ0v) is 8.27. The number of ketones is 1. The van der Waals surface area contributed by atoms with Crippen LogP contribution in [-0.4, -0.2) is 27.1 Å². The van der Waals surface area contributed by atoms with E-state index in [1.165, 1.54) is 19.1 Å². The van der Waals surface area contributed by atoms with Gasteiger partial charge in [0.05, 0.1) is 6.04 Å². The number of carbonyl (C=O) groups excluding carboxylic acids is 1. The summed E-state index contributed by atoms with van der Waals surface area (Å²) in [6.07, 6.45) is 0.205. The monoisotopic (exact) mass is 211 g/mol. The van der Waals surface area contributed by atoms with E-state index >= 15 is 0 Å². The molecule has 0 aliphatic heterocycles. The third-order valence-electron chi connectivity index (χ3n) is 2.11. The summed E-state index contributed by atoms with van der Waals surface area (Å²) in [5.74, 6) is -1.61. The summed E-state index contributed by atoms with van der Waals surface area (Å²) in [6, 6.07) is 1.85. The fourth-order valence-corrected chi connectivity index (χ4v) is 1.18. The van der Waals surface area contributed by atoms with Crippen LogP contribution in [0.3, 0.4) is 0 Å². The standard InChI is InChI=1S/C10H13NO4/c1-5(12)7(11)2-6-3-8(13)10(15)9(14)4-6/h3-4,7,13-15H,2,11H2,1H3. The van der Waals surface area contributed by atoms with E-state index in [1.54, 1.807) is 0 Å². The Morgan fingerprint density at radius 1 is 1.33 bits per heavy atom. The van der Waals surface area contributed by atoms with Gasteiger partial charge in [0.2, 0.25) is 0 Å². The van der Waals surface area contributed by atoms with E-state index in [-0.39, 0.29) is 12.2 Å². The smallest absolute Gasteiger partial charge is 0.200 e. The number of rotatable bonds is 3. The quantitative estimate of drug-likeness (QED) is 0.537. The van der Waals surface area contributed by atoms with Crippen molar-refractivity contribution in [3.05, 3.63) is 17.7 Å². The van der Waals surface area contributed by atoms with Crippen LogP contribution in [0.1, 0.15) is 12.5 Å². The maximum atomic E-state index is 10.9. The zero-order valence-electron chi connectivity index (χ0n) is 8.27. The highest BCUT2D eigenvalue weighted by Crippen LogP contribution is 2.35. The summed E-state index contributed by atoms with van der Waals surface area (Å²) in [5.41, 5.74) is 6.00. The highest BCUT2D eigenvalue weighted by atomic mass is 16.3. The van der Waals surface area contributed by atoms with Crippen molar-refractivity contribution < 1.29 is 20.1 Å². The summed E-state index contributed by atoms with van der Waals surface area (Å²) < 4.78 is 0. The number of benzene rings is 1. The number of aromatic hydroxyl groups is 3. The van der Waals surface area contributed by atoms with Gasteiger partial charge in [-0.05, 0) is 31.0 Å². The molecular formula is C10H13NO4. The Kier molecular flexibility index (Phi) is 3.16. The molecule has 0 aliphatic carbocycles. The lowest BCUT2D eigenvalue weighted by Crippen LogP contribution is -2.30. The maximum absolute atomic E-state index is 10.9. The highest BCUT2D eigenvalue weighted by molar-refractivity contribution is 5.81. The van der Waals surface area contributed by atoms with Crippen molar-refractivity contribution in [3.8, 4) is 17.2 Å². The second-order valence-corrected chi connectivity index (χ2v) is 3.40. The molecule has 0 aromatic heterocycles. The molecule has 82 valence electrons. The lowest BCUT2D eigenvalue weighted by molar-refractivity contribution is -0.118. The van der Waals surface area contributed by atoms with E-state index in [0.29, 0.717) is 5.56 Å². The van der Waals surface area contributed by atoms with Crippen molar-refractivity contribution in [2.45, 2.75) is 19.4 Å². The van der Waals surface area contributed by atoms with Crippen molar-refractivity contribution in [1.82, 2.24) is 0 Å². The number of hydrogen-bond acceptors (Lipinski definition) is 5. The maximum Gasteiger partial charge on any atom is 0.200 e. The molecule has 0 fully saturated rings. The van der Waals surface area contributed by atoms with E-state index in [4.69, 9.17) is 10.8 Å². The molecule has 5 N–H and O–H groups in total. The van der Waals surface area contributed by atoms with E-state index in [0.717, 1.165) is 0 Å². The highest BCUT2D eigenvalue weighted by Gasteiger charge is 2.13. The number of Topliss-reactive ketones (excluding diaryl/α,β-unsaturated/α-hetero) is 1. The molecule has 1 unspecified atom stereocenters. The first-order valence-corrected chi connectivity index (χ1v) is 4.41. The van der Waals surface area contributed by atoms with Gasteiger partial charge in [0.25, 0.3) is 0 Å². The Morgan fingerprint density at radius 3 is 2.20 bits per heavy atom. The molecule has 0 spiro atoms. The SMILES string of the molecule is CC(=O)C(N)Cc1cc(O)c(O)c(O)c1. The molecule has 1 atom stereocenters. The third-order valence-corrected chi connectivity index (χ3v) is 2.11. The first-order chi connectivity index (χ1) is 6.91. The number of phenols is 3. The average molecular weight is 211 g/mol. The van der Waals surface area contributed by atoms with Gasteiger partial charge < -0.3 is 21.1 Å². The number of nitrogens with two attached hydrogens (primary N) is 1. The normalized spacial score (nSPS) is 12.4. The molecule has 5 heteroatoms. The van der Waals surface area contributed by atoms with E-state index in [1.807, 2.05) is 0 Å². The summed E-state index contributed by atoms with van der Waals surface area (Å²) in [5, 5.41) is 27.5. The van der Waals surface area contributed by atoms with Crippen molar-refractivity contribution >= 4 is 5.78 Å². The number of carbonyl (C=O) groups is 1. The minimum absolute atomic E-state index is 0.179. The molecule has 0 amide bonds. The lowest BCUT2D eigenvalue weighted by atomic mass is 10.0. The van der Waals surface area contributed by atoms with Crippen LogP contribution in [0.15, 0.2) is 12.1 Å². The van der Waals surface area contributed by atoms with Crippen LogP contribution >= 0.6 is 0 Å². The second kappa shape index (κ2) is 4.18. The summed E-state index contributed by atoms with van der Waals surface area (Å²) in [6.45, 7) is 1.37.